The van der Waals surface area contributed by atoms with Crippen molar-refractivity contribution in [2.75, 3.05) is 37.6 Å². The lowest BCUT2D eigenvalue weighted by molar-refractivity contribution is 0.362. The van der Waals surface area contributed by atoms with Gasteiger partial charge in [-0.25, -0.2) is 4.99 Å². The lowest BCUT2D eigenvalue weighted by Gasteiger charge is -2.37. The van der Waals surface area contributed by atoms with Crippen molar-refractivity contribution in [1.82, 2.24) is 15.4 Å². The molecule has 1 fully saturated rings. The van der Waals surface area contributed by atoms with Crippen LogP contribution in [0.2, 0.25) is 0 Å². The molecular weight excluding hydrogens is 469 g/mol. The standard InChI is InChI=1S/C20H29N5O2.HI/c1-4-21-20(22-14-16-13-17(15(2)3)23-27-16)25-11-9-24(10-12-25)18-7-5-6-8-19(18)26;/h5-8,13,15,26H,4,9-12,14H2,1-3H3,(H,21,22);1H. The number of aromatic nitrogens is 1. The third-order valence-electron chi connectivity index (χ3n) is 4.69. The minimum atomic E-state index is 0. The minimum Gasteiger partial charge on any atom is -0.506 e. The van der Waals surface area contributed by atoms with Crippen molar-refractivity contribution < 1.29 is 9.63 Å². The highest BCUT2D eigenvalue weighted by atomic mass is 127. The number of nitrogens with one attached hydrogen (secondary N) is 1. The Kier molecular flexibility index (Phi) is 8.40. The molecule has 1 aliphatic heterocycles. The molecule has 1 saturated heterocycles. The molecular formula is C20H30IN5O2. The van der Waals surface area contributed by atoms with Crippen molar-refractivity contribution in [2.45, 2.75) is 33.2 Å². The fourth-order valence-electron chi connectivity index (χ4n) is 3.14. The van der Waals surface area contributed by atoms with Crippen molar-refractivity contribution in [2.24, 2.45) is 4.99 Å². The normalized spacial score (nSPS) is 14.9. The van der Waals surface area contributed by atoms with Gasteiger partial charge in [0.05, 0.1) is 11.4 Å². The van der Waals surface area contributed by atoms with E-state index >= 15 is 0 Å². The summed E-state index contributed by atoms with van der Waals surface area (Å²) < 4.78 is 5.39. The highest BCUT2D eigenvalue weighted by molar-refractivity contribution is 14.0. The van der Waals surface area contributed by atoms with E-state index in [4.69, 9.17) is 9.52 Å². The van der Waals surface area contributed by atoms with Gasteiger partial charge in [0, 0.05) is 38.8 Å². The zero-order valence-corrected chi connectivity index (χ0v) is 19.1. The number of phenolic OH excluding ortho intramolecular Hbond substituents is 1. The summed E-state index contributed by atoms with van der Waals surface area (Å²) in [6, 6.07) is 9.47. The third-order valence-corrected chi connectivity index (χ3v) is 4.69. The average molecular weight is 499 g/mol. The first-order valence-corrected chi connectivity index (χ1v) is 9.60. The van der Waals surface area contributed by atoms with Gasteiger partial charge in [0.15, 0.2) is 11.7 Å². The fraction of sp³-hybridized carbons (Fsp3) is 0.500. The van der Waals surface area contributed by atoms with Crippen molar-refractivity contribution in [3.8, 4) is 5.75 Å². The number of halogens is 1. The molecule has 0 amide bonds. The molecule has 2 N–H and O–H groups in total. The van der Waals surface area contributed by atoms with E-state index < -0.39 is 0 Å². The predicted octanol–water partition coefficient (Wildman–Crippen LogP) is 3.41. The molecule has 154 valence electrons. The summed E-state index contributed by atoms with van der Waals surface area (Å²) in [5.41, 5.74) is 1.85. The summed E-state index contributed by atoms with van der Waals surface area (Å²) >= 11 is 0. The first kappa shape index (κ1) is 22.3. The van der Waals surface area contributed by atoms with E-state index in [0.717, 1.165) is 55.8 Å². The van der Waals surface area contributed by atoms with E-state index in [0.29, 0.717) is 18.2 Å². The molecule has 0 radical (unpaired) electrons. The Hall–Kier alpha value is -1.97. The maximum atomic E-state index is 10.1. The van der Waals surface area contributed by atoms with Crippen LogP contribution in [0.5, 0.6) is 5.75 Å². The van der Waals surface area contributed by atoms with Gasteiger partial charge in [-0.1, -0.05) is 31.1 Å². The Balaban J connectivity index is 0.00000280. The Bertz CT molecular complexity index is 769. The topological polar surface area (TPSA) is 77.1 Å². The number of anilines is 1. The second-order valence-electron chi connectivity index (χ2n) is 7.01. The van der Waals surface area contributed by atoms with Crippen LogP contribution in [0.15, 0.2) is 39.8 Å². The molecule has 0 bridgehead atoms. The van der Waals surface area contributed by atoms with Crippen LogP contribution in [-0.2, 0) is 6.54 Å². The second kappa shape index (κ2) is 10.5. The van der Waals surface area contributed by atoms with E-state index in [1.807, 2.05) is 24.3 Å². The molecule has 3 rings (SSSR count). The van der Waals surface area contributed by atoms with Crippen LogP contribution < -0.4 is 10.2 Å². The molecule has 1 aromatic carbocycles. The van der Waals surface area contributed by atoms with Gasteiger partial charge in [0.1, 0.15) is 12.3 Å². The largest absolute Gasteiger partial charge is 0.506 e. The first-order chi connectivity index (χ1) is 13.1. The maximum absolute atomic E-state index is 10.1. The van der Waals surface area contributed by atoms with Crippen molar-refractivity contribution in [3.05, 3.63) is 41.8 Å². The number of para-hydroxylation sites is 2. The molecule has 0 aliphatic carbocycles. The van der Waals surface area contributed by atoms with Gasteiger partial charge in [-0.2, -0.15) is 0 Å². The number of hydrogen-bond donors (Lipinski definition) is 2. The minimum absolute atomic E-state index is 0. The molecule has 28 heavy (non-hydrogen) atoms. The number of piperazine rings is 1. The van der Waals surface area contributed by atoms with Gasteiger partial charge in [-0.15, -0.1) is 24.0 Å². The lowest BCUT2D eigenvalue weighted by atomic mass is 10.1. The number of aromatic hydroxyl groups is 1. The van der Waals surface area contributed by atoms with Gasteiger partial charge in [0.2, 0.25) is 0 Å². The van der Waals surface area contributed by atoms with Crippen LogP contribution in [0.3, 0.4) is 0 Å². The summed E-state index contributed by atoms with van der Waals surface area (Å²) in [5.74, 6) is 2.35. The maximum Gasteiger partial charge on any atom is 0.194 e. The molecule has 1 aromatic heterocycles. The summed E-state index contributed by atoms with van der Waals surface area (Å²) in [5, 5.41) is 17.5. The van der Waals surface area contributed by atoms with Gasteiger partial charge >= 0.3 is 0 Å². The van der Waals surface area contributed by atoms with Crippen LogP contribution in [0.25, 0.3) is 0 Å². The lowest BCUT2D eigenvalue weighted by Crippen LogP contribution is -2.52. The number of nitrogens with zero attached hydrogens (tertiary/aromatic N) is 4. The molecule has 7 nitrogen and oxygen atoms in total. The summed E-state index contributed by atoms with van der Waals surface area (Å²) in [6.07, 6.45) is 0. The molecule has 0 spiro atoms. The Morgan fingerprint density at radius 1 is 1.25 bits per heavy atom. The predicted molar refractivity (Wildman–Crippen MR) is 123 cm³/mol. The van der Waals surface area contributed by atoms with Gasteiger partial charge in [0.25, 0.3) is 0 Å². The van der Waals surface area contributed by atoms with E-state index in [1.165, 1.54) is 0 Å². The van der Waals surface area contributed by atoms with Crippen LogP contribution in [-0.4, -0.2) is 53.8 Å². The number of guanidine groups is 1. The third kappa shape index (κ3) is 5.52. The van der Waals surface area contributed by atoms with Crippen LogP contribution >= 0.6 is 24.0 Å². The zero-order chi connectivity index (χ0) is 19.2. The van der Waals surface area contributed by atoms with E-state index in [1.54, 1.807) is 6.07 Å². The molecule has 1 aliphatic rings. The van der Waals surface area contributed by atoms with Gasteiger partial charge < -0.3 is 24.7 Å². The summed E-state index contributed by atoms with van der Waals surface area (Å²) in [7, 11) is 0. The van der Waals surface area contributed by atoms with Crippen molar-refractivity contribution >= 4 is 35.6 Å². The highest BCUT2D eigenvalue weighted by Crippen LogP contribution is 2.27. The molecule has 0 atom stereocenters. The van der Waals surface area contributed by atoms with E-state index in [-0.39, 0.29) is 24.0 Å². The highest BCUT2D eigenvalue weighted by Gasteiger charge is 2.21. The number of aliphatic imine (C=N–C) groups is 1. The first-order valence-electron chi connectivity index (χ1n) is 9.60. The molecule has 2 heterocycles. The Labute approximate surface area is 183 Å². The second-order valence-corrected chi connectivity index (χ2v) is 7.01. The molecule has 8 heteroatoms. The van der Waals surface area contributed by atoms with Crippen LogP contribution in [0, 0.1) is 0 Å². The smallest absolute Gasteiger partial charge is 0.194 e. The van der Waals surface area contributed by atoms with Crippen molar-refractivity contribution in [1.29, 1.82) is 0 Å². The van der Waals surface area contributed by atoms with E-state index in [2.05, 4.69) is 41.0 Å². The average Bonchev–Trinajstić information content (AvgIpc) is 3.15. The molecule has 0 unspecified atom stereocenters. The summed E-state index contributed by atoms with van der Waals surface area (Å²) in [4.78, 5) is 9.18. The van der Waals surface area contributed by atoms with Crippen LogP contribution in [0.1, 0.15) is 38.1 Å². The fourth-order valence-corrected chi connectivity index (χ4v) is 3.14. The van der Waals surface area contributed by atoms with Gasteiger partial charge in [-0.05, 0) is 25.0 Å². The quantitative estimate of drug-likeness (QED) is 0.373. The summed E-state index contributed by atoms with van der Waals surface area (Å²) in [6.45, 7) is 10.9. The number of benzene rings is 1. The SMILES string of the molecule is CCNC(=NCc1cc(C(C)C)no1)N1CCN(c2ccccc2O)CC1.I. The number of phenols is 1. The number of rotatable bonds is 5. The monoisotopic (exact) mass is 499 g/mol. The Morgan fingerprint density at radius 2 is 1.96 bits per heavy atom. The Morgan fingerprint density at radius 3 is 2.57 bits per heavy atom. The van der Waals surface area contributed by atoms with Crippen molar-refractivity contribution in [3.63, 3.8) is 0 Å². The van der Waals surface area contributed by atoms with E-state index in [9.17, 15) is 5.11 Å². The molecule has 2 aromatic rings. The zero-order valence-electron chi connectivity index (χ0n) is 16.8. The number of hydrogen-bond acceptors (Lipinski definition) is 5. The van der Waals surface area contributed by atoms with Gasteiger partial charge in [-0.3, -0.25) is 0 Å². The van der Waals surface area contributed by atoms with Crippen LogP contribution in [0.4, 0.5) is 5.69 Å². The molecule has 0 saturated carbocycles.